The van der Waals surface area contributed by atoms with E-state index in [1.165, 1.54) is 0 Å². The van der Waals surface area contributed by atoms with E-state index in [9.17, 15) is 9.90 Å². The van der Waals surface area contributed by atoms with Crippen molar-refractivity contribution >= 4 is 6.09 Å². The summed E-state index contributed by atoms with van der Waals surface area (Å²) in [5.74, 6) is 0. The molecule has 0 saturated carbocycles. The van der Waals surface area contributed by atoms with E-state index in [0.29, 0.717) is 13.1 Å². The molecule has 33 heavy (non-hydrogen) atoms. The van der Waals surface area contributed by atoms with Gasteiger partial charge >= 0.3 is 6.09 Å². The fraction of sp³-hybridized carbons (Fsp3) is 0.321. The summed E-state index contributed by atoms with van der Waals surface area (Å²) < 4.78 is 5.55. The maximum absolute atomic E-state index is 12.8. The third kappa shape index (κ3) is 7.74. The molecule has 2 atom stereocenters. The van der Waals surface area contributed by atoms with Crippen molar-refractivity contribution in [2.24, 2.45) is 0 Å². The van der Waals surface area contributed by atoms with Gasteiger partial charge in [-0.15, -0.1) is 0 Å². The van der Waals surface area contributed by atoms with E-state index in [2.05, 4.69) is 34.5 Å². The maximum Gasteiger partial charge on any atom is 0.408 e. The Morgan fingerprint density at radius 3 is 1.73 bits per heavy atom. The van der Waals surface area contributed by atoms with Crippen LogP contribution < -0.4 is 5.32 Å². The monoisotopic (exact) mass is 446 g/mol. The number of carbonyl (C=O) groups excluding carboxylic acids is 1. The lowest BCUT2D eigenvalue weighted by Gasteiger charge is -2.37. The lowest BCUT2D eigenvalue weighted by atomic mass is 9.97. The number of aliphatic hydroxyl groups is 1. The molecule has 5 heteroatoms. The number of nitrogens with one attached hydrogen (secondary N) is 1. The minimum absolute atomic E-state index is 0.130. The van der Waals surface area contributed by atoms with Crippen molar-refractivity contribution in [3.63, 3.8) is 0 Å². The van der Waals surface area contributed by atoms with E-state index in [1.54, 1.807) is 0 Å². The molecule has 3 aromatic carbocycles. The zero-order valence-corrected chi connectivity index (χ0v) is 19.6. The second-order valence-corrected chi connectivity index (χ2v) is 9.16. The van der Waals surface area contributed by atoms with Crippen molar-refractivity contribution in [3.8, 4) is 0 Å². The summed E-state index contributed by atoms with van der Waals surface area (Å²) in [7, 11) is 0. The van der Waals surface area contributed by atoms with Gasteiger partial charge in [-0.3, -0.25) is 4.90 Å². The lowest BCUT2D eigenvalue weighted by molar-refractivity contribution is 0.0386. The molecule has 3 aromatic rings. The Labute approximate surface area is 197 Å². The zero-order valence-electron chi connectivity index (χ0n) is 19.6. The van der Waals surface area contributed by atoms with Crippen LogP contribution in [0.5, 0.6) is 0 Å². The number of ether oxygens (including phenoxy) is 1. The first-order valence-electron chi connectivity index (χ1n) is 11.3. The number of carbonyl (C=O) groups is 1. The third-order valence-electron chi connectivity index (χ3n) is 5.33. The van der Waals surface area contributed by atoms with Crippen molar-refractivity contribution < 1.29 is 14.6 Å². The molecule has 5 nitrogen and oxygen atoms in total. The molecule has 0 aliphatic rings. The van der Waals surface area contributed by atoms with Crippen LogP contribution in [0.2, 0.25) is 0 Å². The normalized spacial score (nSPS) is 13.4. The first kappa shape index (κ1) is 24.5. The molecule has 2 N–H and O–H groups in total. The summed E-state index contributed by atoms with van der Waals surface area (Å²) in [5, 5.41) is 13.6. The zero-order chi connectivity index (χ0) is 23.7. The molecule has 0 aliphatic heterocycles. The molecule has 174 valence electrons. The SMILES string of the molecule is CC(C)(C)OC(=O)N[C@@H](c1ccccc1)[C@H](CO)N(Cc1ccccc1)Cc1ccccc1. The molecular weight excluding hydrogens is 412 g/mol. The van der Waals surface area contributed by atoms with Crippen LogP contribution in [0.3, 0.4) is 0 Å². The number of nitrogens with zero attached hydrogens (tertiary/aromatic N) is 1. The predicted molar refractivity (Wildman–Crippen MR) is 132 cm³/mol. The van der Waals surface area contributed by atoms with E-state index in [0.717, 1.165) is 16.7 Å². The molecule has 0 spiro atoms. The van der Waals surface area contributed by atoms with Crippen molar-refractivity contribution in [2.75, 3.05) is 6.61 Å². The van der Waals surface area contributed by atoms with E-state index in [1.807, 2.05) is 87.5 Å². The average molecular weight is 447 g/mol. The van der Waals surface area contributed by atoms with Gasteiger partial charge in [-0.1, -0.05) is 91.0 Å². The molecule has 0 fully saturated rings. The molecule has 0 bridgehead atoms. The number of alkyl carbamates (subject to hydrolysis) is 1. The highest BCUT2D eigenvalue weighted by atomic mass is 16.6. The summed E-state index contributed by atoms with van der Waals surface area (Å²) in [6, 6.07) is 29.2. The second-order valence-electron chi connectivity index (χ2n) is 9.16. The largest absolute Gasteiger partial charge is 0.444 e. The summed E-state index contributed by atoms with van der Waals surface area (Å²) in [6.45, 7) is 6.63. The molecule has 0 unspecified atom stereocenters. The highest BCUT2D eigenvalue weighted by molar-refractivity contribution is 5.68. The molecule has 0 heterocycles. The Morgan fingerprint density at radius 2 is 1.30 bits per heavy atom. The van der Waals surface area contributed by atoms with Gasteiger partial charge in [0.15, 0.2) is 0 Å². The van der Waals surface area contributed by atoms with Gasteiger partial charge in [-0.05, 0) is 37.5 Å². The van der Waals surface area contributed by atoms with Crippen LogP contribution in [0, 0.1) is 0 Å². The van der Waals surface area contributed by atoms with Gasteiger partial charge in [-0.2, -0.15) is 0 Å². The quantitative estimate of drug-likeness (QED) is 0.467. The summed E-state index contributed by atoms with van der Waals surface area (Å²) in [6.07, 6.45) is -0.505. The topological polar surface area (TPSA) is 61.8 Å². The number of amides is 1. The number of hydrogen-bond donors (Lipinski definition) is 2. The van der Waals surface area contributed by atoms with Crippen molar-refractivity contribution in [1.82, 2.24) is 10.2 Å². The van der Waals surface area contributed by atoms with Gasteiger partial charge in [0.2, 0.25) is 0 Å². The van der Waals surface area contributed by atoms with Crippen LogP contribution in [-0.4, -0.2) is 34.3 Å². The summed E-state index contributed by atoms with van der Waals surface area (Å²) >= 11 is 0. The Hall–Kier alpha value is -3.15. The molecular formula is C28H34N2O3. The number of benzene rings is 3. The van der Waals surface area contributed by atoms with Crippen LogP contribution in [0.4, 0.5) is 4.79 Å². The standard InChI is InChI=1S/C28H34N2O3/c1-28(2,3)33-27(32)29-26(24-17-11-6-12-18-24)25(21-31)30(19-22-13-7-4-8-14-22)20-23-15-9-5-10-16-23/h4-18,25-26,31H,19-21H2,1-3H3,(H,29,32)/t25-,26-/m0/s1. The Kier molecular flexibility index (Phi) is 8.64. The average Bonchev–Trinajstić information content (AvgIpc) is 2.79. The van der Waals surface area contributed by atoms with Crippen LogP contribution in [-0.2, 0) is 17.8 Å². The van der Waals surface area contributed by atoms with Gasteiger partial charge in [0, 0.05) is 13.1 Å². The lowest BCUT2D eigenvalue weighted by Crippen LogP contribution is -2.48. The highest BCUT2D eigenvalue weighted by Crippen LogP contribution is 2.25. The number of aliphatic hydroxyl groups excluding tert-OH is 1. The third-order valence-corrected chi connectivity index (χ3v) is 5.33. The van der Waals surface area contributed by atoms with Crippen LogP contribution in [0.1, 0.15) is 43.5 Å². The Bertz CT molecular complexity index is 931. The predicted octanol–water partition coefficient (Wildman–Crippen LogP) is 5.32. The van der Waals surface area contributed by atoms with Crippen LogP contribution in [0.25, 0.3) is 0 Å². The van der Waals surface area contributed by atoms with E-state index < -0.39 is 17.7 Å². The Balaban J connectivity index is 1.95. The minimum Gasteiger partial charge on any atom is -0.444 e. The van der Waals surface area contributed by atoms with Gasteiger partial charge in [-0.25, -0.2) is 4.79 Å². The second kappa shape index (κ2) is 11.6. The highest BCUT2D eigenvalue weighted by Gasteiger charge is 2.31. The number of rotatable bonds is 9. The van der Waals surface area contributed by atoms with E-state index in [-0.39, 0.29) is 12.6 Å². The first-order valence-corrected chi connectivity index (χ1v) is 11.3. The van der Waals surface area contributed by atoms with Gasteiger partial charge < -0.3 is 15.2 Å². The molecule has 3 rings (SSSR count). The first-order chi connectivity index (χ1) is 15.9. The molecule has 0 saturated heterocycles. The van der Waals surface area contributed by atoms with Crippen molar-refractivity contribution in [3.05, 3.63) is 108 Å². The van der Waals surface area contributed by atoms with Crippen LogP contribution in [0.15, 0.2) is 91.0 Å². The smallest absolute Gasteiger partial charge is 0.408 e. The number of hydrogen-bond acceptors (Lipinski definition) is 4. The fourth-order valence-corrected chi connectivity index (χ4v) is 3.85. The van der Waals surface area contributed by atoms with Crippen LogP contribution >= 0.6 is 0 Å². The maximum atomic E-state index is 12.8. The van der Waals surface area contributed by atoms with E-state index in [4.69, 9.17) is 4.74 Å². The Morgan fingerprint density at radius 1 is 0.848 bits per heavy atom. The van der Waals surface area contributed by atoms with E-state index >= 15 is 0 Å². The summed E-state index contributed by atoms with van der Waals surface area (Å²) in [4.78, 5) is 15.0. The van der Waals surface area contributed by atoms with Crippen molar-refractivity contribution in [2.45, 2.75) is 51.5 Å². The minimum atomic E-state index is -0.617. The molecule has 0 aliphatic carbocycles. The van der Waals surface area contributed by atoms with Crippen molar-refractivity contribution in [1.29, 1.82) is 0 Å². The molecule has 1 amide bonds. The van der Waals surface area contributed by atoms with Gasteiger partial charge in [0.05, 0.1) is 18.7 Å². The fourth-order valence-electron chi connectivity index (χ4n) is 3.85. The molecule has 0 radical (unpaired) electrons. The van der Waals surface area contributed by atoms with Gasteiger partial charge in [0.1, 0.15) is 5.60 Å². The summed E-state index contributed by atoms with van der Waals surface area (Å²) in [5.41, 5.74) is 2.56. The van der Waals surface area contributed by atoms with Gasteiger partial charge in [0.25, 0.3) is 0 Å². The molecule has 0 aromatic heterocycles.